The van der Waals surface area contributed by atoms with Gasteiger partial charge in [-0.15, -0.1) is 0 Å². The number of aryl methyl sites for hydroxylation is 1. The monoisotopic (exact) mass is 285 g/mol. The van der Waals surface area contributed by atoms with Crippen LogP contribution in [0.5, 0.6) is 0 Å². The highest BCUT2D eigenvalue weighted by atomic mass is 15.1. The van der Waals surface area contributed by atoms with Gasteiger partial charge in [-0.2, -0.15) is 0 Å². The summed E-state index contributed by atoms with van der Waals surface area (Å²) >= 11 is 0. The first-order valence-corrected chi connectivity index (χ1v) is 8.34. The van der Waals surface area contributed by atoms with Gasteiger partial charge in [-0.05, 0) is 36.9 Å². The molecule has 0 aliphatic heterocycles. The quantitative estimate of drug-likeness (QED) is 0.911. The normalized spacial score (nSPS) is 23.8. The third-order valence-corrected chi connectivity index (χ3v) is 5.19. The summed E-state index contributed by atoms with van der Waals surface area (Å²) < 4.78 is 2.26. The molecule has 114 valence electrons. The molecular weight excluding hydrogens is 258 g/mol. The number of rotatable bonds is 5. The lowest BCUT2D eigenvalue weighted by atomic mass is 9.88. The molecule has 3 atom stereocenters. The Morgan fingerprint density at radius 3 is 2.81 bits per heavy atom. The van der Waals surface area contributed by atoms with Gasteiger partial charge in [0, 0.05) is 19.5 Å². The van der Waals surface area contributed by atoms with Gasteiger partial charge in [-0.25, -0.2) is 4.98 Å². The molecule has 1 aliphatic carbocycles. The fraction of sp³-hybridized carbons (Fsp3) is 0.611. The van der Waals surface area contributed by atoms with Crippen molar-refractivity contribution in [2.24, 2.45) is 18.9 Å². The third kappa shape index (κ3) is 2.84. The lowest BCUT2D eigenvalue weighted by Crippen LogP contribution is -2.39. The molecule has 1 saturated carbocycles. The number of likely N-dealkylation sites (N-methyl/N-ethyl adjacent to an activating group) is 1. The molecule has 1 N–H and O–H groups in total. The predicted octanol–water partition coefficient (Wildman–Crippen LogP) is 3.53. The van der Waals surface area contributed by atoms with Gasteiger partial charge in [-0.3, -0.25) is 0 Å². The molecular formula is C18H27N3. The predicted molar refractivity (Wildman–Crippen MR) is 88.4 cm³/mol. The van der Waals surface area contributed by atoms with E-state index < -0.39 is 0 Å². The maximum atomic E-state index is 4.85. The molecule has 1 aliphatic rings. The topological polar surface area (TPSA) is 29.9 Å². The molecule has 3 heteroatoms. The summed E-state index contributed by atoms with van der Waals surface area (Å²) in [6.45, 7) is 5.66. The lowest BCUT2D eigenvalue weighted by molar-refractivity contribution is 0.294. The van der Waals surface area contributed by atoms with Crippen molar-refractivity contribution in [2.45, 2.75) is 45.6 Å². The Balaban J connectivity index is 1.85. The summed E-state index contributed by atoms with van der Waals surface area (Å²) in [5.74, 6) is 2.84. The number of para-hydroxylation sites is 2. The number of fused-ring (bicyclic) bond motifs is 1. The van der Waals surface area contributed by atoms with Crippen LogP contribution < -0.4 is 5.32 Å². The summed E-state index contributed by atoms with van der Waals surface area (Å²) in [5.41, 5.74) is 2.35. The molecule has 0 saturated heterocycles. The number of benzene rings is 1. The fourth-order valence-electron chi connectivity index (χ4n) is 3.98. The van der Waals surface area contributed by atoms with Crippen molar-refractivity contribution in [2.75, 3.05) is 6.54 Å². The van der Waals surface area contributed by atoms with Crippen LogP contribution in [0.1, 0.15) is 38.9 Å². The highest BCUT2D eigenvalue weighted by Crippen LogP contribution is 2.34. The van der Waals surface area contributed by atoms with Gasteiger partial charge >= 0.3 is 0 Å². The minimum atomic E-state index is 0.558. The molecule has 0 amide bonds. The second kappa shape index (κ2) is 6.18. The minimum Gasteiger partial charge on any atom is -0.331 e. The van der Waals surface area contributed by atoms with Gasteiger partial charge < -0.3 is 9.88 Å². The second-order valence-electron chi connectivity index (χ2n) is 6.52. The van der Waals surface area contributed by atoms with Crippen LogP contribution in [0.4, 0.5) is 0 Å². The first-order chi connectivity index (χ1) is 10.2. The largest absolute Gasteiger partial charge is 0.331 e. The number of nitrogens with zero attached hydrogens (tertiary/aromatic N) is 2. The van der Waals surface area contributed by atoms with E-state index in [1.54, 1.807) is 0 Å². The van der Waals surface area contributed by atoms with E-state index in [1.165, 1.54) is 30.6 Å². The van der Waals surface area contributed by atoms with Crippen LogP contribution in [0, 0.1) is 11.8 Å². The maximum Gasteiger partial charge on any atom is 0.111 e. The number of nitrogens with one attached hydrogen (secondary N) is 1. The number of hydrogen-bond donors (Lipinski definition) is 1. The summed E-state index contributed by atoms with van der Waals surface area (Å²) in [7, 11) is 2.14. The Kier molecular flexibility index (Phi) is 4.29. The second-order valence-corrected chi connectivity index (χ2v) is 6.52. The van der Waals surface area contributed by atoms with Crippen LogP contribution in [0.25, 0.3) is 11.0 Å². The maximum absolute atomic E-state index is 4.85. The van der Waals surface area contributed by atoms with E-state index >= 15 is 0 Å². The Bertz CT molecular complexity index is 602. The first kappa shape index (κ1) is 14.6. The molecule has 3 rings (SSSR count). The molecule has 1 fully saturated rings. The van der Waals surface area contributed by atoms with Gasteiger partial charge in [0.15, 0.2) is 0 Å². The van der Waals surface area contributed by atoms with Crippen molar-refractivity contribution in [1.29, 1.82) is 0 Å². The van der Waals surface area contributed by atoms with Gasteiger partial charge in [0.25, 0.3) is 0 Å². The van der Waals surface area contributed by atoms with Crippen LogP contribution in [-0.4, -0.2) is 22.1 Å². The van der Waals surface area contributed by atoms with Crippen LogP contribution in [0.15, 0.2) is 24.3 Å². The van der Waals surface area contributed by atoms with Gasteiger partial charge in [0.2, 0.25) is 0 Å². The van der Waals surface area contributed by atoms with E-state index in [0.29, 0.717) is 6.04 Å². The van der Waals surface area contributed by atoms with E-state index in [-0.39, 0.29) is 0 Å². The number of aromatic nitrogens is 2. The molecule has 1 aromatic heterocycles. The summed E-state index contributed by atoms with van der Waals surface area (Å²) in [6, 6.07) is 8.99. The van der Waals surface area contributed by atoms with E-state index in [9.17, 15) is 0 Å². The molecule has 0 bridgehead atoms. The zero-order chi connectivity index (χ0) is 14.8. The minimum absolute atomic E-state index is 0.558. The molecule has 2 aromatic rings. The zero-order valence-electron chi connectivity index (χ0n) is 13.5. The van der Waals surface area contributed by atoms with E-state index in [1.807, 2.05) is 0 Å². The average Bonchev–Trinajstić information content (AvgIpc) is 3.04. The Labute approximate surface area is 127 Å². The van der Waals surface area contributed by atoms with Crippen molar-refractivity contribution in [3.8, 4) is 0 Å². The van der Waals surface area contributed by atoms with E-state index in [4.69, 9.17) is 4.98 Å². The van der Waals surface area contributed by atoms with Crippen LogP contribution in [-0.2, 0) is 13.5 Å². The zero-order valence-corrected chi connectivity index (χ0v) is 13.5. The average molecular weight is 285 g/mol. The summed E-state index contributed by atoms with van der Waals surface area (Å²) in [4.78, 5) is 4.85. The van der Waals surface area contributed by atoms with Crippen LogP contribution in [0.2, 0.25) is 0 Å². The standard InChI is InChI=1S/C18H27N3/c1-4-19-16(14-9-7-8-13(14)2)12-18-20-15-10-5-6-11-17(15)21(18)3/h5-6,10-11,13-14,16,19H,4,7-9,12H2,1-3H3. The van der Waals surface area contributed by atoms with Crippen molar-refractivity contribution in [1.82, 2.24) is 14.9 Å². The smallest absolute Gasteiger partial charge is 0.111 e. The van der Waals surface area contributed by atoms with E-state index in [0.717, 1.165) is 30.3 Å². The van der Waals surface area contributed by atoms with Gasteiger partial charge in [0.1, 0.15) is 5.82 Å². The number of imidazole rings is 1. The molecule has 0 radical (unpaired) electrons. The lowest BCUT2D eigenvalue weighted by Gasteiger charge is -2.27. The fourth-order valence-corrected chi connectivity index (χ4v) is 3.98. The highest BCUT2D eigenvalue weighted by molar-refractivity contribution is 5.75. The van der Waals surface area contributed by atoms with Gasteiger partial charge in [0.05, 0.1) is 11.0 Å². The van der Waals surface area contributed by atoms with Crippen LogP contribution in [0.3, 0.4) is 0 Å². The van der Waals surface area contributed by atoms with Crippen molar-refractivity contribution < 1.29 is 0 Å². The summed E-state index contributed by atoms with van der Waals surface area (Å²) in [6.07, 6.45) is 5.17. The molecule has 0 spiro atoms. The van der Waals surface area contributed by atoms with E-state index in [2.05, 4.69) is 55.0 Å². The number of hydrogen-bond acceptors (Lipinski definition) is 2. The van der Waals surface area contributed by atoms with Crippen molar-refractivity contribution >= 4 is 11.0 Å². The Morgan fingerprint density at radius 1 is 1.33 bits per heavy atom. The highest BCUT2D eigenvalue weighted by Gasteiger charge is 2.31. The molecule has 3 nitrogen and oxygen atoms in total. The van der Waals surface area contributed by atoms with Crippen molar-refractivity contribution in [3.05, 3.63) is 30.1 Å². The van der Waals surface area contributed by atoms with Gasteiger partial charge in [-0.1, -0.05) is 38.8 Å². The molecule has 1 heterocycles. The third-order valence-electron chi connectivity index (χ3n) is 5.19. The Hall–Kier alpha value is -1.35. The van der Waals surface area contributed by atoms with Crippen molar-refractivity contribution in [3.63, 3.8) is 0 Å². The SMILES string of the molecule is CCNC(Cc1nc2ccccc2n1C)C1CCCC1C. The molecule has 1 aromatic carbocycles. The first-order valence-electron chi connectivity index (χ1n) is 8.34. The molecule has 3 unspecified atom stereocenters. The Morgan fingerprint density at radius 2 is 2.14 bits per heavy atom. The van der Waals surface area contributed by atoms with Crippen LogP contribution >= 0.6 is 0 Å². The molecule has 21 heavy (non-hydrogen) atoms. The summed E-state index contributed by atoms with van der Waals surface area (Å²) in [5, 5.41) is 3.72.